The van der Waals surface area contributed by atoms with E-state index in [1.165, 1.54) is 0 Å². The number of allylic oxidation sites excluding steroid dienone is 3. The van der Waals surface area contributed by atoms with Gasteiger partial charge in [0.15, 0.2) is 0 Å². The molecule has 0 aromatic carbocycles. The van der Waals surface area contributed by atoms with E-state index >= 15 is 0 Å². The van der Waals surface area contributed by atoms with E-state index in [0.29, 0.717) is 5.03 Å². The Kier molecular flexibility index (Phi) is 5.14. The number of aliphatic hydroxyl groups excluding tert-OH is 1. The van der Waals surface area contributed by atoms with Crippen LogP contribution in [0.5, 0.6) is 0 Å². The van der Waals surface area contributed by atoms with Gasteiger partial charge >= 0.3 is 13.2 Å². The van der Waals surface area contributed by atoms with Crippen LogP contribution in [0.2, 0.25) is 0 Å². The highest BCUT2D eigenvalue weighted by atomic mass is 35.5. The normalized spacial score (nSPS) is 27.9. The van der Waals surface area contributed by atoms with E-state index in [9.17, 15) is 9.90 Å². The van der Waals surface area contributed by atoms with E-state index in [4.69, 9.17) is 30.4 Å². The summed E-state index contributed by atoms with van der Waals surface area (Å²) in [5, 5.41) is 12.9. The first-order valence-corrected chi connectivity index (χ1v) is 8.85. The number of ether oxygens (including phenoxy) is 2. The first-order valence-electron chi connectivity index (χ1n) is 8.47. The fraction of sp³-hybridized carbons (Fsp3) is 0.588. The van der Waals surface area contributed by atoms with Gasteiger partial charge in [-0.15, -0.1) is 0 Å². The molecule has 7 nitrogen and oxygen atoms in total. The zero-order chi connectivity index (χ0) is 19.1. The van der Waals surface area contributed by atoms with E-state index in [1.54, 1.807) is 40.0 Å². The Morgan fingerprint density at radius 2 is 2.27 bits per heavy atom. The molecule has 0 aliphatic carbocycles. The molecule has 0 saturated carbocycles. The second-order valence-electron chi connectivity index (χ2n) is 7.61. The smallest absolute Gasteiger partial charge is 0.495 e. The zero-order valence-corrected chi connectivity index (χ0v) is 16.1. The third-order valence-electron chi connectivity index (χ3n) is 4.38. The number of hydrogen-bond acceptors (Lipinski definition) is 6. The minimum Gasteiger partial charge on any atom is -0.497 e. The summed E-state index contributed by atoms with van der Waals surface area (Å²) < 4.78 is 22.6. The fourth-order valence-corrected chi connectivity index (χ4v) is 3.39. The minimum absolute atomic E-state index is 0.129. The highest BCUT2D eigenvalue weighted by Crippen LogP contribution is 2.44. The van der Waals surface area contributed by atoms with Crippen molar-refractivity contribution in [1.82, 2.24) is 5.32 Å². The van der Waals surface area contributed by atoms with Crippen LogP contribution in [0.1, 0.15) is 27.7 Å². The van der Waals surface area contributed by atoms with Gasteiger partial charge in [0.1, 0.15) is 12.2 Å². The summed E-state index contributed by atoms with van der Waals surface area (Å²) in [5.74, 6) is 0. The number of hydrogen-bond donors (Lipinski definition) is 2. The molecule has 26 heavy (non-hydrogen) atoms. The van der Waals surface area contributed by atoms with E-state index in [2.05, 4.69) is 5.32 Å². The molecule has 0 saturated heterocycles. The molecule has 2 unspecified atom stereocenters. The molecular weight excluding hydrogens is 360 g/mol. The maximum absolute atomic E-state index is 11.9. The number of aliphatic hydroxyl groups is 1. The number of carbonyl (C=O) groups excluding carboxylic acids is 1. The molecule has 0 radical (unpaired) electrons. The van der Waals surface area contributed by atoms with Gasteiger partial charge in [-0.25, -0.2) is 4.79 Å². The van der Waals surface area contributed by atoms with Crippen molar-refractivity contribution in [2.45, 2.75) is 45.0 Å². The average Bonchev–Trinajstić information content (AvgIpc) is 2.71. The SMILES string of the molecule is CC(C)(C)OC(=O)NCC1OB2OC(C)(CO)C3=C2C(=C1Cl)C=COC3. The summed E-state index contributed by atoms with van der Waals surface area (Å²) >= 11 is 6.54. The molecule has 2 atom stereocenters. The summed E-state index contributed by atoms with van der Waals surface area (Å²) in [6.07, 6.45) is 2.17. The minimum atomic E-state index is -0.901. The van der Waals surface area contributed by atoms with Crippen LogP contribution in [0.3, 0.4) is 0 Å². The molecular formula is C17H23BClNO6. The topological polar surface area (TPSA) is 86.3 Å². The number of alkyl carbamates (subject to hydrolysis) is 1. The van der Waals surface area contributed by atoms with Crippen molar-refractivity contribution in [1.29, 1.82) is 0 Å². The summed E-state index contributed by atoms with van der Waals surface area (Å²) in [6, 6.07) is 0. The molecule has 3 aliphatic rings. The van der Waals surface area contributed by atoms with Crippen LogP contribution < -0.4 is 5.32 Å². The van der Waals surface area contributed by atoms with Crippen molar-refractivity contribution in [2.24, 2.45) is 0 Å². The Morgan fingerprint density at radius 1 is 1.54 bits per heavy atom. The van der Waals surface area contributed by atoms with Crippen LogP contribution in [0.4, 0.5) is 4.79 Å². The molecule has 0 bridgehead atoms. The summed E-state index contributed by atoms with van der Waals surface area (Å²) in [6.45, 7) is 7.36. The van der Waals surface area contributed by atoms with Gasteiger partial charge in [0.2, 0.25) is 0 Å². The predicted octanol–water partition coefficient (Wildman–Crippen LogP) is 2.05. The van der Waals surface area contributed by atoms with Gasteiger partial charge in [-0.05, 0) is 50.4 Å². The van der Waals surface area contributed by atoms with Gasteiger partial charge in [0.05, 0.1) is 36.2 Å². The molecule has 0 aromatic heterocycles. The maximum atomic E-state index is 11.9. The third kappa shape index (κ3) is 3.64. The molecule has 3 aliphatic heterocycles. The van der Waals surface area contributed by atoms with Gasteiger partial charge in [-0.2, -0.15) is 0 Å². The third-order valence-corrected chi connectivity index (χ3v) is 4.82. The molecule has 0 aromatic rings. The highest BCUT2D eigenvalue weighted by molar-refractivity contribution is 6.58. The van der Waals surface area contributed by atoms with Gasteiger partial charge in [0, 0.05) is 0 Å². The predicted molar refractivity (Wildman–Crippen MR) is 96.4 cm³/mol. The molecule has 9 heteroatoms. The Morgan fingerprint density at radius 3 is 2.92 bits per heavy atom. The van der Waals surface area contributed by atoms with E-state index in [-0.39, 0.29) is 19.8 Å². The summed E-state index contributed by atoms with van der Waals surface area (Å²) in [5.41, 5.74) is 0.838. The molecule has 3 rings (SSSR count). The van der Waals surface area contributed by atoms with Gasteiger partial charge in [-0.3, -0.25) is 0 Å². The first kappa shape index (κ1) is 19.3. The molecule has 142 valence electrons. The van der Waals surface area contributed by atoms with E-state index in [1.807, 2.05) is 0 Å². The number of rotatable bonds is 3. The lowest BCUT2D eigenvalue weighted by Gasteiger charge is -2.30. The summed E-state index contributed by atoms with van der Waals surface area (Å²) in [4.78, 5) is 11.9. The van der Waals surface area contributed by atoms with Crippen molar-refractivity contribution >= 4 is 24.8 Å². The second kappa shape index (κ2) is 6.92. The van der Waals surface area contributed by atoms with Crippen LogP contribution in [-0.4, -0.2) is 55.4 Å². The Labute approximate surface area is 158 Å². The molecule has 3 heterocycles. The fourth-order valence-electron chi connectivity index (χ4n) is 3.10. The Hall–Kier alpha value is -1.48. The zero-order valence-electron chi connectivity index (χ0n) is 15.3. The molecule has 2 N–H and O–H groups in total. The monoisotopic (exact) mass is 383 g/mol. The molecule has 0 fully saturated rings. The van der Waals surface area contributed by atoms with Gasteiger partial charge in [0.25, 0.3) is 0 Å². The second-order valence-corrected chi connectivity index (χ2v) is 8.02. The lowest BCUT2D eigenvalue weighted by molar-refractivity contribution is 0.0271. The van der Waals surface area contributed by atoms with Gasteiger partial charge in [-0.1, -0.05) is 11.6 Å². The summed E-state index contributed by atoms with van der Waals surface area (Å²) in [7, 11) is -0.684. The van der Waals surface area contributed by atoms with Crippen molar-refractivity contribution < 1.29 is 28.7 Å². The van der Waals surface area contributed by atoms with Crippen LogP contribution in [0.15, 0.2) is 34.0 Å². The van der Waals surface area contributed by atoms with Gasteiger partial charge < -0.3 is 29.2 Å². The lowest BCUT2D eigenvalue weighted by Crippen LogP contribution is -2.44. The Bertz CT molecular complexity index is 698. The van der Waals surface area contributed by atoms with Crippen LogP contribution >= 0.6 is 11.6 Å². The van der Waals surface area contributed by atoms with Crippen LogP contribution in [0, 0.1) is 0 Å². The Balaban J connectivity index is 1.82. The molecule has 0 spiro atoms. The number of nitrogens with one attached hydrogen (secondary N) is 1. The van der Waals surface area contributed by atoms with Crippen molar-refractivity contribution in [3.05, 3.63) is 34.0 Å². The number of amides is 1. The van der Waals surface area contributed by atoms with Crippen LogP contribution in [0.25, 0.3) is 0 Å². The van der Waals surface area contributed by atoms with E-state index in [0.717, 1.165) is 16.6 Å². The largest absolute Gasteiger partial charge is 0.497 e. The number of halogens is 1. The standard InChI is InChI=1S/C17H23BClNO6/c1-16(2,3)24-15(22)20-7-12-14(19)10-5-6-23-8-11-13(10)18(25-12)26-17(11,4)9-21/h5-6,12,21H,7-9H2,1-4H3,(H,20,22). The maximum Gasteiger partial charge on any atom is 0.495 e. The van der Waals surface area contributed by atoms with E-state index < -0.39 is 30.5 Å². The lowest BCUT2D eigenvalue weighted by atomic mass is 9.70. The average molecular weight is 384 g/mol. The van der Waals surface area contributed by atoms with Crippen molar-refractivity contribution in [3.63, 3.8) is 0 Å². The highest BCUT2D eigenvalue weighted by Gasteiger charge is 2.52. The van der Waals surface area contributed by atoms with Crippen LogP contribution in [-0.2, 0) is 18.8 Å². The van der Waals surface area contributed by atoms with Crippen molar-refractivity contribution in [3.8, 4) is 0 Å². The molecule has 1 amide bonds. The quantitative estimate of drug-likeness (QED) is 0.726. The van der Waals surface area contributed by atoms with Crippen molar-refractivity contribution in [2.75, 3.05) is 19.8 Å². The number of carbonyl (C=O) groups is 1. The first-order chi connectivity index (χ1) is 12.1.